The van der Waals surface area contributed by atoms with Crippen LogP contribution in [0.25, 0.3) is 0 Å². The Kier molecular flexibility index (Phi) is 1.74. The summed E-state index contributed by atoms with van der Waals surface area (Å²) in [5, 5.41) is 9.37. The summed E-state index contributed by atoms with van der Waals surface area (Å²) in [5.41, 5.74) is 6.81. The molecule has 2 rings (SSSR count). The zero-order valence-electron chi connectivity index (χ0n) is 7.84. The van der Waals surface area contributed by atoms with Gasteiger partial charge in [-0.05, 0) is 43.9 Å². The summed E-state index contributed by atoms with van der Waals surface area (Å²) in [5.74, 6) is 0. The molecule has 0 saturated heterocycles. The standard InChI is InChI=1S/C10H19NO/c1-9(6-7-9)10(11)4-2-8(12)3-5-10/h8,12H,2-7,11H2,1H3. The van der Waals surface area contributed by atoms with Gasteiger partial charge in [-0.25, -0.2) is 0 Å². The van der Waals surface area contributed by atoms with Gasteiger partial charge in [0.05, 0.1) is 6.10 Å². The van der Waals surface area contributed by atoms with Gasteiger partial charge in [0, 0.05) is 5.54 Å². The second-order valence-electron chi connectivity index (χ2n) is 4.95. The van der Waals surface area contributed by atoms with E-state index in [0.717, 1.165) is 25.7 Å². The molecular formula is C10H19NO. The van der Waals surface area contributed by atoms with Crippen molar-refractivity contribution in [1.82, 2.24) is 0 Å². The fourth-order valence-corrected chi connectivity index (χ4v) is 2.41. The van der Waals surface area contributed by atoms with Crippen LogP contribution in [-0.4, -0.2) is 16.7 Å². The van der Waals surface area contributed by atoms with Gasteiger partial charge in [-0.15, -0.1) is 0 Å². The van der Waals surface area contributed by atoms with Crippen molar-refractivity contribution in [2.24, 2.45) is 11.1 Å². The molecule has 12 heavy (non-hydrogen) atoms. The lowest BCUT2D eigenvalue weighted by Crippen LogP contribution is -2.50. The fraction of sp³-hybridized carbons (Fsp3) is 1.00. The third-order valence-corrected chi connectivity index (χ3v) is 4.05. The molecule has 0 heterocycles. The Morgan fingerprint density at radius 2 is 1.67 bits per heavy atom. The van der Waals surface area contributed by atoms with Gasteiger partial charge in [-0.3, -0.25) is 0 Å². The summed E-state index contributed by atoms with van der Waals surface area (Å²) < 4.78 is 0. The summed E-state index contributed by atoms with van der Waals surface area (Å²) in [7, 11) is 0. The lowest BCUT2D eigenvalue weighted by Gasteiger charge is -2.41. The molecule has 2 heteroatoms. The molecule has 0 aromatic carbocycles. The molecule has 2 fully saturated rings. The topological polar surface area (TPSA) is 46.2 Å². The van der Waals surface area contributed by atoms with Crippen LogP contribution in [0.1, 0.15) is 45.4 Å². The van der Waals surface area contributed by atoms with E-state index in [2.05, 4.69) is 6.92 Å². The van der Waals surface area contributed by atoms with E-state index in [-0.39, 0.29) is 11.6 Å². The van der Waals surface area contributed by atoms with Crippen molar-refractivity contribution in [3.8, 4) is 0 Å². The predicted molar refractivity (Wildman–Crippen MR) is 48.7 cm³/mol. The number of aliphatic hydroxyl groups excluding tert-OH is 1. The molecule has 0 amide bonds. The van der Waals surface area contributed by atoms with Gasteiger partial charge in [0.2, 0.25) is 0 Å². The maximum atomic E-state index is 9.37. The van der Waals surface area contributed by atoms with Crippen molar-refractivity contribution in [2.75, 3.05) is 0 Å². The molecule has 0 aliphatic heterocycles. The third kappa shape index (κ3) is 1.17. The molecule has 0 atom stereocenters. The number of nitrogens with two attached hydrogens (primary N) is 1. The molecular weight excluding hydrogens is 150 g/mol. The minimum Gasteiger partial charge on any atom is -0.393 e. The molecule has 2 saturated carbocycles. The van der Waals surface area contributed by atoms with Crippen molar-refractivity contribution < 1.29 is 5.11 Å². The Labute approximate surface area is 74.1 Å². The van der Waals surface area contributed by atoms with Crippen molar-refractivity contribution >= 4 is 0 Å². The molecule has 3 N–H and O–H groups in total. The molecule has 2 aliphatic rings. The highest BCUT2D eigenvalue weighted by atomic mass is 16.3. The first-order valence-corrected chi connectivity index (χ1v) is 5.03. The highest BCUT2D eigenvalue weighted by Crippen LogP contribution is 2.56. The Hall–Kier alpha value is -0.0800. The summed E-state index contributed by atoms with van der Waals surface area (Å²) in [6.45, 7) is 2.30. The number of rotatable bonds is 1. The maximum Gasteiger partial charge on any atom is 0.0541 e. The largest absolute Gasteiger partial charge is 0.393 e. The normalized spacial score (nSPS) is 45.8. The highest BCUT2D eigenvalue weighted by Gasteiger charge is 2.53. The Morgan fingerprint density at radius 3 is 2.08 bits per heavy atom. The second-order valence-corrected chi connectivity index (χ2v) is 4.95. The van der Waals surface area contributed by atoms with E-state index in [1.165, 1.54) is 12.8 Å². The van der Waals surface area contributed by atoms with Crippen LogP contribution in [-0.2, 0) is 0 Å². The smallest absolute Gasteiger partial charge is 0.0541 e. The van der Waals surface area contributed by atoms with Crippen LogP contribution in [0.3, 0.4) is 0 Å². The molecule has 0 radical (unpaired) electrons. The summed E-state index contributed by atoms with van der Waals surface area (Å²) in [4.78, 5) is 0. The van der Waals surface area contributed by atoms with E-state index in [1.807, 2.05) is 0 Å². The molecule has 0 unspecified atom stereocenters. The van der Waals surface area contributed by atoms with Gasteiger partial charge in [-0.2, -0.15) is 0 Å². The summed E-state index contributed by atoms with van der Waals surface area (Å²) in [6.07, 6.45) is 6.36. The second kappa shape index (κ2) is 2.46. The van der Waals surface area contributed by atoms with E-state index in [0.29, 0.717) is 5.41 Å². The first-order valence-electron chi connectivity index (χ1n) is 5.03. The molecule has 0 aromatic rings. The van der Waals surface area contributed by atoms with E-state index < -0.39 is 0 Å². The van der Waals surface area contributed by atoms with Crippen LogP contribution in [0.15, 0.2) is 0 Å². The molecule has 2 nitrogen and oxygen atoms in total. The first-order chi connectivity index (χ1) is 5.56. The van der Waals surface area contributed by atoms with Gasteiger partial charge >= 0.3 is 0 Å². The highest BCUT2D eigenvalue weighted by molar-refractivity contribution is 5.09. The number of hydrogen-bond donors (Lipinski definition) is 2. The van der Waals surface area contributed by atoms with E-state index in [1.54, 1.807) is 0 Å². The quantitative estimate of drug-likeness (QED) is 0.623. The van der Waals surface area contributed by atoms with E-state index in [9.17, 15) is 5.11 Å². The molecule has 0 aromatic heterocycles. The van der Waals surface area contributed by atoms with Crippen molar-refractivity contribution in [3.05, 3.63) is 0 Å². The zero-order valence-corrected chi connectivity index (χ0v) is 7.84. The van der Waals surface area contributed by atoms with Gasteiger partial charge < -0.3 is 10.8 Å². The monoisotopic (exact) mass is 169 g/mol. The minimum atomic E-state index is -0.0796. The average Bonchev–Trinajstić information content (AvgIpc) is 2.77. The lowest BCUT2D eigenvalue weighted by molar-refractivity contribution is 0.0719. The number of aliphatic hydroxyl groups is 1. The molecule has 0 spiro atoms. The SMILES string of the molecule is CC1(C2(N)CCC(O)CC2)CC1. The Morgan fingerprint density at radius 1 is 1.17 bits per heavy atom. The van der Waals surface area contributed by atoms with Crippen LogP contribution < -0.4 is 5.73 Å². The summed E-state index contributed by atoms with van der Waals surface area (Å²) >= 11 is 0. The fourth-order valence-electron chi connectivity index (χ4n) is 2.41. The average molecular weight is 169 g/mol. The predicted octanol–water partition coefficient (Wildman–Crippen LogP) is 1.42. The lowest BCUT2D eigenvalue weighted by atomic mass is 9.71. The van der Waals surface area contributed by atoms with Crippen molar-refractivity contribution in [2.45, 2.75) is 57.1 Å². The number of hydrogen-bond acceptors (Lipinski definition) is 2. The van der Waals surface area contributed by atoms with Gasteiger partial charge in [0.15, 0.2) is 0 Å². The van der Waals surface area contributed by atoms with Crippen LogP contribution in [0.4, 0.5) is 0 Å². The van der Waals surface area contributed by atoms with Crippen LogP contribution >= 0.6 is 0 Å². The zero-order chi connectivity index (χ0) is 8.82. The molecule has 70 valence electrons. The minimum absolute atomic E-state index is 0.0478. The van der Waals surface area contributed by atoms with Crippen LogP contribution in [0.2, 0.25) is 0 Å². The Bertz CT molecular complexity index is 178. The van der Waals surface area contributed by atoms with Crippen molar-refractivity contribution in [3.63, 3.8) is 0 Å². The van der Waals surface area contributed by atoms with Crippen molar-refractivity contribution in [1.29, 1.82) is 0 Å². The molecule has 2 aliphatic carbocycles. The third-order valence-electron chi connectivity index (χ3n) is 4.05. The first kappa shape index (κ1) is 8.52. The summed E-state index contributed by atoms with van der Waals surface area (Å²) in [6, 6.07) is 0. The van der Waals surface area contributed by atoms with Crippen LogP contribution in [0.5, 0.6) is 0 Å². The Balaban J connectivity index is 2.03. The van der Waals surface area contributed by atoms with E-state index in [4.69, 9.17) is 5.73 Å². The maximum absolute atomic E-state index is 9.37. The van der Waals surface area contributed by atoms with Gasteiger partial charge in [0.1, 0.15) is 0 Å². The van der Waals surface area contributed by atoms with E-state index >= 15 is 0 Å². The van der Waals surface area contributed by atoms with Crippen LogP contribution in [0, 0.1) is 5.41 Å². The van der Waals surface area contributed by atoms with Gasteiger partial charge in [-0.1, -0.05) is 6.92 Å². The van der Waals surface area contributed by atoms with Gasteiger partial charge in [0.25, 0.3) is 0 Å². The molecule has 0 bridgehead atoms.